The molecule has 5 heteroatoms. The van der Waals surface area contributed by atoms with Gasteiger partial charge in [-0.25, -0.2) is 0 Å². The van der Waals surface area contributed by atoms with E-state index in [0.29, 0.717) is 23.5 Å². The summed E-state index contributed by atoms with van der Waals surface area (Å²) in [5.74, 6) is 0.398. The van der Waals surface area contributed by atoms with E-state index in [4.69, 9.17) is 4.74 Å². The van der Waals surface area contributed by atoms with Crippen LogP contribution in [0.15, 0.2) is 54.6 Å². The summed E-state index contributed by atoms with van der Waals surface area (Å²) in [6, 6.07) is 16.2. The first-order valence-corrected chi connectivity index (χ1v) is 8.01. The average molecular weight is 326 g/mol. The Balaban J connectivity index is 1.88. The normalized spacial score (nSPS) is 11.4. The molecule has 126 valence electrons. The zero-order valence-electron chi connectivity index (χ0n) is 13.9. The van der Waals surface area contributed by atoms with Gasteiger partial charge in [-0.3, -0.25) is 9.59 Å². The quantitative estimate of drug-likeness (QED) is 0.812. The van der Waals surface area contributed by atoms with Gasteiger partial charge < -0.3 is 15.4 Å². The second-order valence-corrected chi connectivity index (χ2v) is 5.44. The fraction of sp³-hybridized carbons (Fsp3) is 0.263. The van der Waals surface area contributed by atoms with Gasteiger partial charge in [0.25, 0.3) is 5.91 Å². The van der Waals surface area contributed by atoms with E-state index in [1.165, 1.54) is 0 Å². The molecule has 0 aliphatic heterocycles. The van der Waals surface area contributed by atoms with Gasteiger partial charge >= 0.3 is 0 Å². The van der Waals surface area contributed by atoms with E-state index in [1.807, 2.05) is 25.1 Å². The minimum absolute atomic E-state index is 0.0147. The highest BCUT2D eigenvalue weighted by Gasteiger charge is 2.14. The van der Waals surface area contributed by atoms with Crippen molar-refractivity contribution in [3.05, 3.63) is 54.6 Å². The minimum atomic E-state index is -0.615. The maximum atomic E-state index is 12.2. The Morgan fingerprint density at radius 2 is 1.54 bits per heavy atom. The Kier molecular flexibility index (Phi) is 6.37. The van der Waals surface area contributed by atoms with Crippen LogP contribution in [0.25, 0.3) is 0 Å². The van der Waals surface area contributed by atoms with Gasteiger partial charge in [0.2, 0.25) is 5.91 Å². The summed E-state index contributed by atoms with van der Waals surface area (Å²) in [6.07, 6.45) is 0.683. The minimum Gasteiger partial charge on any atom is -0.481 e. The lowest BCUT2D eigenvalue weighted by Crippen LogP contribution is -2.30. The molecule has 0 spiro atoms. The average Bonchev–Trinajstić information content (AvgIpc) is 2.57. The van der Waals surface area contributed by atoms with Gasteiger partial charge in [-0.15, -0.1) is 0 Å². The van der Waals surface area contributed by atoms with Crippen LogP contribution in [0.1, 0.15) is 26.7 Å². The van der Waals surface area contributed by atoms with Crippen molar-refractivity contribution in [3.8, 4) is 5.75 Å². The largest absolute Gasteiger partial charge is 0.481 e. The third kappa shape index (κ3) is 5.43. The van der Waals surface area contributed by atoms with Gasteiger partial charge in [0.05, 0.1) is 0 Å². The molecule has 1 atom stereocenters. The van der Waals surface area contributed by atoms with Crippen molar-refractivity contribution in [3.63, 3.8) is 0 Å². The molecular formula is C19H22N2O3. The van der Waals surface area contributed by atoms with E-state index in [0.717, 1.165) is 6.42 Å². The van der Waals surface area contributed by atoms with Crippen molar-refractivity contribution in [2.75, 3.05) is 10.6 Å². The number of anilines is 2. The molecule has 0 aliphatic rings. The highest BCUT2D eigenvalue weighted by atomic mass is 16.5. The van der Waals surface area contributed by atoms with Crippen molar-refractivity contribution in [2.45, 2.75) is 32.8 Å². The van der Waals surface area contributed by atoms with E-state index < -0.39 is 6.10 Å². The number of carbonyl (C=O) groups is 2. The molecular weight excluding hydrogens is 304 g/mol. The van der Waals surface area contributed by atoms with Crippen LogP contribution < -0.4 is 15.4 Å². The maximum absolute atomic E-state index is 12.2. The molecule has 0 fully saturated rings. The molecule has 2 rings (SSSR count). The van der Waals surface area contributed by atoms with Crippen LogP contribution in [-0.4, -0.2) is 17.9 Å². The van der Waals surface area contributed by atoms with E-state index in [2.05, 4.69) is 10.6 Å². The van der Waals surface area contributed by atoms with Crippen LogP contribution in [0, 0.1) is 0 Å². The van der Waals surface area contributed by atoms with Gasteiger partial charge in [-0.05, 0) is 49.7 Å². The zero-order valence-corrected chi connectivity index (χ0v) is 13.9. The number of carbonyl (C=O) groups excluding carboxylic acids is 2. The number of rotatable bonds is 7. The van der Waals surface area contributed by atoms with E-state index >= 15 is 0 Å². The Morgan fingerprint density at radius 1 is 0.958 bits per heavy atom. The molecule has 5 nitrogen and oxygen atoms in total. The van der Waals surface area contributed by atoms with E-state index in [-0.39, 0.29) is 11.8 Å². The van der Waals surface area contributed by atoms with Crippen LogP contribution in [0.4, 0.5) is 11.4 Å². The SMILES string of the molecule is CCCC(=O)Nc1ccc(NC(=O)[C@@H](C)Oc2ccccc2)cc1. The predicted molar refractivity (Wildman–Crippen MR) is 95.1 cm³/mol. The van der Waals surface area contributed by atoms with Crippen molar-refractivity contribution in [1.29, 1.82) is 0 Å². The molecule has 2 aromatic rings. The second-order valence-electron chi connectivity index (χ2n) is 5.44. The first kappa shape index (κ1) is 17.5. The number of nitrogens with one attached hydrogen (secondary N) is 2. The van der Waals surface area contributed by atoms with Gasteiger partial charge in [0.15, 0.2) is 6.10 Å². The Hall–Kier alpha value is -2.82. The molecule has 0 aliphatic carbocycles. The molecule has 0 saturated heterocycles. The summed E-state index contributed by atoms with van der Waals surface area (Å²) in [4.78, 5) is 23.7. The monoisotopic (exact) mass is 326 g/mol. The number of ether oxygens (including phenoxy) is 1. The summed E-state index contributed by atoms with van der Waals surface area (Å²) < 4.78 is 5.58. The number of hydrogen-bond donors (Lipinski definition) is 2. The van der Waals surface area contributed by atoms with Crippen LogP contribution >= 0.6 is 0 Å². The topological polar surface area (TPSA) is 67.4 Å². The zero-order chi connectivity index (χ0) is 17.4. The van der Waals surface area contributed by atoms with Crippen molar-refractivity contribution >= 4 is 23.2 Å². The number of amides is 2. The third-order valence-electron chi connectivity index (χ3n) is 3.34. The fourth-order valence-electron chi connectivity index (χ4n) is 2.09. The van der Waals surface area contributed by atoms with Gasteiger partial charge in [0.1, 0.15) is 5.75 Å². The summed E-state index contributed by atoms with van der Waals surface area (Å²) in [7, 11) is 0. The van der Waals surface area contributed by atoms with Gasteiger partial charge in [-0.2, -0.15) is 0 Å². The molecule has 0 aromatic heterocycles. The molecule has 24 heavy (non-hydrogen) atoms. The van der Waals surface area contributed by atoms with Crippen LogP contribution in [0.5, 0.6) is 5.75 Å². The maximum Gasteiger partial charge on any atom is 0.265 e. The predicted octanol–water partition coefficient (Wildman–Crippen LogP) is 3.83. The lowest BCUT2D eigenvalue weighted by Gasteiger charge is -2.15. The van der Waals surface area contributed by atoms with Gasteiger partial charge in [0, 0.05) is 17.8 Å². The molecule has 0 unspecified atom stereocenters. The molecule has 2 aromatic carbocycles. The van der Waals surface area contributed by atoms with E-state index in [9.17, 15) is 9.59 Å². The third-order valence-corrected chi connectivity index (χ3v) is 3.34. The number of benzene rings is 2. The Labute approximate surface area is 142 Å². The summed E-state index contributed by atoms with van der Waals surface area (Å²) in [5.41, 5.74) is 1.36. The van der Waals surface area contributed by atoms with Crippen LogP contribution in [-0.2, 0) is 9.59 Å². The Morgan fingerprint density at radius 3 is 2.12 bits per heavy atom. The smallest absolute Gasteiger partial charge is 0.265 e. The fourth-order valence-corrected chi connectivity index (χ4v) is 2.09. The lowest BCUT2D eigenvalue weighted by molar-refractivity contribution is -0.122. The molecule has 2 amide bonds. The first-order valence-electron chi connectivity index (χ1n) is 8.01. The van der Waals surface area contributed by atoms with Crippen molar-refractivity contribution < 1.29 is 14.3 Å². The number of para-hydroxylation sites is 1. The summed E-state index contributed by atoms with van der Waals surface area (Å²) in [5, 5.41) is 5.59. The standard InChI is InChI=1S/C19H22N2O3/c1-3-7-18(22)20-15-10-12-16(13-11-15)21-19(23)14(2)24-17-8-5-4-6-9-17/h4-6,8-14H,3,7H2,1-2H3,(H,20,22)(H,21,23)/t14-/m1/s1. The van der Waals surface area contributed by atoms with Gasteiger partial charge in [-0.1, -0.05) is 25.1 Å². The summed E-state index contributed by atoms with van der Waals surface area (Å²) >= 11 is 0. The second kappa shape index (κ2) is 8.72. The molecule has 0 saturated carbocycles. The Bertz CT molecular complexity index is 669. The number of hydrogen-bond acceptors (Lipinski definition) is 3. The van der Waals surface area contributed by atoms with Crippen molar-refractivity contribution in [2.24, 2.45) is 0 Å². The molecule has 0 radical (unpaired) electrons. The van der Waals surface area contributed by atoms with E-state index in [1.54, 1.807) is 43.3 Å². The molecule has 0 heterocycles. The van der Waals surface area contributed by atoms with Crippen LogP contribution in [0.2, 0.25) is 0 Å². The summed E-state index contributed by atoms with van der Waals surface area (Å²) in [6.45, 7) is 3.65. The molecule has 2 N–H and O–H groups in total. The van der Waals surface area contributed by atoms with Crippen LogP contribution in [0.3, 0.4) is 0 Å². The molecule has 0 bridgehead atoms. The first-order chi connectivity index (χ1) is 11.6. The highest BCUT2D eigenvalue weighted by Crippen LogP contribution is 2.16. The highest BCUT2D eigenvalue weighted by molar-refractivity contribution is 5.95. The van der Waals surface area contributed by atoms with Crippen molar-refractivity contribution in [1.82, 2.24) is 0 Å². The lowest BCUT2D eigenvalue weighted by atomic mass is 10.2.